The second-order valence-electron chi connectivity index (χ2n) is 4.00. The molecule has 1 aliphatic heterocycles. The first-order chi connectivity index (χ1) is 5.64. The molecule has 0 saturated carbocycles. The highest BCUT2D eigenvalue weighted by molar-refractivity contribution is 4.76. The number of hydrogen-bond donors (Lipinski definition) is 2. The van der Waals surface area contributed by atoms with Crippen molar-refractivity contribution in [3.8, 4) is 0 Å². The lowest BCUT2D eigenvalue weighted by Crippen LogP contribution is -2.38. The van der Waals surface area contributed by atoms with Crippen molar-refractivity contribution in [1.29, 1.82) is 0 Å². The van der Waals surface area contributed by atoms with E-state index in [-0.39, 0.29) is 0 Å². The Bertz CT molecular complexity index is 130. The smallest absolute Gasteiger partial charge is 0.0753 e. The molecule has 1 atom stereocenters. The van der Waals surface area contributed by atoms with Crippen molar-refractivity contribution in [2.24, 2.45) is 5.73 Å². The van der Waals surface area contributed by atoms with Crippen LogP contribution in [0.3, 0.4) is 0 Å². The summed E-state index contributed by atoms with van der Waals surface area (Å²) in [4.78, 5) is 2.39. The van der Waals surface area contributed by atoms with Gasteiger partial charge in [-0.25, -0.2) is 0 Å². The molecule has 0 aromatic carbocycles. The van der Waals surface area contributed by atoms with Crippen molar-refractivity contribution in [2.45, 2.75) is 31.8 Å². The molecule has 0 amide bonds. The minimum atomic E-state index is -0.664. The number of nitrogens with zero attached hydrogens (tertiary/aromatic N) is 1. The fraction of sp³-hybridized carbons (Fsp3) is 1.00. The van der Waals surface area contributed by atoms with Crippen LogP contribution in [0.25, 0.3) is 0 Å². The van der Waals surface area contributed by atoms with Gasteiger partial charge in [-0.3, -0.25) is 0 Å². The molecule has 0 bridgehead atoms. The van der Waals surface area contributed by atoms with E-state index in [0.717, 1.165) is 13.0 Å². The summed E-state index contributed by atoms with van der Waals surface area (Å²) in [6, 6.07) is 0. The Labute approximate surface area is 74.5 Å². The van der Waals surface area contributed by atoms with Gasteiger partial charge in [0.2, 0.25) is 0 Å². The molecule has 1 heterocycles. The molecule has 0 aromatic rings. The second-order valence-corrected chi connectivity index (χ2v) is 4.00. The zero-order valence-corrected chi connectivity index (χ0v) is 7.92. The Morgan fingerprint density at radius 1 is 1.42 bits per heavy atom. The van der Waals surface area contributed by atoms with Gasteiger partial charge in [0.25, 0.3) is 0 Å². The second kappa shape index (κ2) is 4.21. The molecule has 72 valence electrons. The number of rotatable bonds is 4. The Hall–Kier alpha value is -0.120. The summed E-state index contributed by atoms with van der Waals surface area (Å²) in [5.41, 5.74) is 4.76. The summed E-state index contributed by atoms with van der Waals surface area (Å²) in [5, 5.41) is 9.63. The Kier molecular flexibility index (Phi) is 3.50. The largest absolute Gasteiger partial charge is 0.389 e. The predicted molar refractivity (Wildman–Crippen MR) is 50.0 cm³/mol. The summed E-state index contributed by atoms with van der Waals surface area (Å²) < 4.78 is 0. The maximum absolute atomic E-state index is 9.63. The molecule has 0 aliphatic carbocycles. The third-order valence-corrected chi connectivity index (χ3v) is 2.61. The first kappa shape index (κ1) is 9.96. The number of aliphatic hydroxyl groups is 1. The van der Waals surface area contributed by atoms with E-state index in [1.54, 1.807) is 0 Å². The van der Waals surface area contributed by atoms with Crippen molar-refractivity contribution in [1.82, 2.24) is 4.90 Å². The van der Waals surface area contributed by atoms with Crippen LogP contribution in [0.4, 0.5) is 0 Å². The fourth-order valence-corrected chi connectivity index (χ4v) is 1.51. The first-order valence-electron chi connectivity index (χ1n) is 4.79. The third kappa shape index (κ3) is 3.09. The van der Waals surface area contributed by atoms with Gasteiger partial charge in [-0.2, -0.15) is 0 Å². The van der Waals surface area contributed by atoms with Crippen LogP contribution in [0.2, 0.25) is 0 Å². The van der Waals surface area contributed by atoms with Crippen molar-refractivity contribution in [3.05, 3.63) is 0 Å². The predicted octanol–water partition coefficient (Wildman–Crippen LogP) is 0.182. The first-order valence-corrected chi connectivity index (χ1v) is 4.79. The highest BCUT2D eigenvalue weighted by Gasteiger charge is 2.20. The summed E-state index contributed by atoms with van der Waals surface area (Å²) >= 11 is 0. The van der Waals surface area contributed by atoms with Crippen molar-refractivity contribution in [2.75, 3.05) is 26.2 Å². The van der Waals surface area contributed by atoms with E-state index in [2.05, 4.69) is 4.90 Å². The van der Waals surface area contributed by atoms with E-state index in [4.69, 9.17) is 5.73 Å². The van der Waals surface area contributed by atoms with Crippen LogP contribution in [0.15, 0.2) is 0 Å². The SMILES string of the molecule is CC(O)(CN)CCN1CCCC1. The molecule has 1 aliphatic rings. The lowest BCUT2D eigenvalue weighted by Gasteiger charge is -2.24. The van der Waals surface area contributed by atoms with Crippen molar-refractivity contribution in [3.63, 3.8) is 0 Å². The maximum Gasteiger partial charge on any atom is 0.0753 e. The van der Waals surface area contributed by atoms with Gasteiger partial charge in [-0.15, -0.1) is 0 Å². The maximum atomic E-state index is 9.63. The summed E-state index contributed by atoms with van der Waals surface area (Å²) in [6.07, 6.45) is 3.42. The topological polar surface area (TPSA) is 49.5 Å². The lowest BCUT2D eigenvalue weighted by molar-refractivity contribution is 0.0503. The molecule has 1 rings (SSSR count). The number of nitrogens with two attached hydrogens (primary N) is 1. The quantitative estimate of drug-likeness (QED) is 0.636. The standard InChI is InChI=1S/C9H20N2O/c1-9(12,8-10)4-7-11-5-2-3-6-11/h12H,2-8,10H2,1H3. The van der Waals surface area contributed by atoms with E-state index < -0.39 is 5.60 Å². The van der Waals surface area contributed by atoms with Crippen LogP contribution in [0.5, 0.6) is 0 Å². The highest BCUT2D eigenvalue weighted by Crippen LogP contribution is 2.12. The average molecular weight is 172 g/mol. The molecule has 0 radical (unpaired) electrons. The molecular weight excluding hydrogens is 152 g/mol. The third-order valence-electron chi connectivity index (χ3n) is 2.61. The molecule has 3 N–H and O–H groups in total. The van der Waals surface area contributed by atoms with Crippen LogP contribution < -0.4 is 5.73 Å². The normalized spacial score (nSPS) is 24.2. The molecule has 12 heavy (non-hydrogen) atoms. The van der Waals surface area contributed by atoms with Gasteiger partial charge >= 0.3 is 0 Å². The molecule has 0 aromatic heterocycles. The average Bonchev–Trinajstić information content (AvgIpc) is 2.53. The zero-order valence-electron chi connectivity index (χ0n) is 7.92. The van der Waals surface area contributed by atoms with Gasteiger partial charge in [0.1, 0.15) is 0 Å². The molecule has 1 saturated heterocycles. The zero-order chi connectivity index (χ0) is 9.03. The molecule has 3 nitrogen and oxygen atoms in total. The van der Waals surface area contributed by atoms with Crippen LogP contribution in [0.1, 0.15) is 26.2 Å². The van der Waals surface area contributed by atoms with Crippen LogP contribution in [-0.4, -0.2) is 41.8 Å². The summed E-state index contributed by atoms with van der Waals surface area (Å²) in [6.45, 7) is 5.55. The van der Waals surface area contributed by atoms with Crippen molar-refractivity contribution >= 4 is 0 Å². The Morgan fingerprint density at radius 2 is 2.00 bits per heavy atom. The van der Waals surface area contributed by atoms with Gasteiger partial charge in [0.05, 0.1) is 5.60 Å². The van der Waals surface area contributed by atoms with Gasteiger partial charge < -0.3 is 15.7 Å². The summed E-state index contributed by atoms with van der Waals surface area (Å²) in [5.74, 6) is 0. The molecule has 3 heteroatoms. The highest BCUT2D eigenvalue weighted by atomic mass is 16.3. The minimum Gasteiger partial charge on any atom is -0.389 e. The molecular formula is C9H20N2O. The van der Waals surface area contributed by atoms with E-state index in [1.165, 1.54) is 25.9 Å². The van der Waals surface area contributed by atoms with Gasteiger partial charge in [-0.1, -0.05) is 0 Å². The van der Waals surface area contributed by atoms with Gasteiger partial charge in [0.15, 0.2) is 0 Å². The number of hydrogen-bond acceptors (Lipinski definition) is 3. The Balaban J connectivity index is 2.15. The van der Waals surface area contributed by atoms with Crippen LogP contribution in [0, 0.1) is 0 Å². The van der Waals surface area contributed by atoms with Crippen molar-refractivity contribution < 1.29 is 5.11 Å². The molecule has 1 unspecified atom stereocenters. The molecule has 0 spiro atoms. The van der Waals surface area contributed by atoms with Crippen LogP contribution in [-0.2, 0) is 0 Å². The van der Waals surface area contributed by atoms with Crippen LogP contribution >= 0.6 is 0 Å². The summed E-state index contributed by atoms with van der Waals surface area (Å²) in [7, 11) is 0. The fourth-order valence-electron chi connectivity index (χ4n) is 1.51. The monoisotopic (exact) mass is 172 g/mol. The Morgan fingerprint density at radius 3 is 2.50 bits per heavy atom. The van der Waals surface area contributed by atoms with E-state index in [1.807, 2.05) is 6.92 Å². The van der Waals surface area contributed by atoms with E-state index >= 15 is 0 Å². The van der Waals surface area contributed by atoms with Gasteiger partial charge in [-0.05, 0) is 39.3 Å². The lowest BCUT2D eigenvalue weighted by atomic mass is 10.0. The van der Waals surface area contributed by atoms with E-state index in [9.17, 15) is 5.11 Å². The number of likely N-dealkylation sites (tertiary alicyclic amines) is 1. The van der Waals surface area contributed by atoms with E-state index in [0.29, 0.717) is 6.54 Å². The van der Waals surface area contributed by atoms with Gasteiger partial charge in [0, 0.05) is 13.1 Å². The minimum absolute atomic E-state index is 0.362. The molecule has 1 fully saturated rings.